The van der Waals surface area contributed by atoms with Gasteiger partial charge in [0.25, 0.3) is 0 Å². The number of phenols is 1. The fraction of sp³-hybridized carbons (Fsp3) is 0.385. The highest BCUT2D eigenvalue weighted by atomic mass is 16.5. The van der Waals surface area contributed by atoms with Gasteiger partial charge in [0, 0.05) is 19.3 Å². The molecule has 0 aliphatic carbocycles. The molecule has 0 saturated heterocycles. The standard InChI is InChI=1S/C13H18N2O5/c1-9(20-2)7-14-13(19)15(8-12(17)18)10-3-5-11(16)6-4-10/h3-6,9,16H,7-8H2,1-2H3,(H,14,19)(H,17,18). The number of rotatable bonds is 6. The fourth-order valence-corrected chi connectivity index (χ4v) is 1.46. The molecular formula is C13H18N2O5. The van der Waals surface area contributed by atoms with Gasteiger partial charge >= 0.3 is 12.0 Å². The zero-order valence-corrected chi connectivity index (χ0v) is 11.4. The molecule has 0 aliphatic heterocycles. The lowest BCUT2D eigenvalue weighted by Crippen LogP contribution is -2.45. The topological polar surface area (TPSA) is 99.1 Å². The Morgan fingerprint density at radius 3 is 2.45 bits per heavy atom. The third-order valence-electron chi connectivity index (χ3n) is 2.64. The van der Waals surface area contributed by atoms with Crippen molar-refractivity contribution in [1.82, 2.24) is 5.32 Å². The van der Waals surface area contributed by atoms with E-state index < -0.39 is 18.5 Å². The molecule has 20 heavy (non-hydrogen) atoms. The first-order valence-electron chi connectivity index (χ1n) is 6.03. The van der Waals surface area contributed by atoms with Gasteiger partial charge in [-0.3, -0.25) is 9.69 Å². The van der Waals surface area contributed by atoms with E-state index in [1.165, 1.54) is 31.4 Å². The van der Waals surface area contributed by atoms with Crippen molar-refractivity contribution in [1.29, 1.82) is 0 Å². The number of nitrogens with zero attached hydrogens (tertiary/aromatic N) is 1. The van der Waals surface area contributed by atoms with Crippen LogP contribution in [0.1, 0.15) is 6.92 Å². The molecule has 0 radical (unpaired) electrons. The van der Waals surface area contributed by atoms with Crippen LogP contribution >= 0.6 is 0 Å². The van der Waals surface area contributed by atoms with Crippen LogP contribution in [0.5, 0.6) is 5.75 Å². The lowest BCUT2D eigenvalue weighted by atomic mass is 10.2. The molecule has 1 aromatic carbocycles. The number of hydrogen-bond donors (Lipinski definition) is 3. The second-order valence-electron chi connectivity index (χ2n) is 4.23. The first-order valence-corrected chi connectivity index (χ1v) is 6.03. The number of methoxy groups -OCH3 is 1. The third-order valence-corrected chi connectivity index (χ3v) is 2.64. The number of aromatic hydroxyl groups is 1. The second-order valence-corrected chi connectivity index (χ2v) is 4.23. The van der Waals surface area contributed by atoms with Gasteiger partial charge in [-0.1, -0.05) is 0 Å². The molecule has 0 heterocycles. The fourth-order valence-electron chi connectivity index (χ4n) is 1.46. The van der Waals surface area contributed by atoms with Gasteiger partial charge in [-0.05, 0) is 31.2 Å². The van der Waals surface area contributed by atoms with Crippen molar-refractivity contribution in [3.63, 3.8) is 0 Å². The summed E-state index contributed by atoms with van der Waals surface area (Å²) in [5, 5.41) is 20.7. The number of carbonyl (C=O) groups is 2. The van der Waals surface area contributed by atoms with Crippen molar-refractivity contribution >= 4 is 17.7 Å². The average molecular weight is 282 g/mol. The summed E-state index contributed by atoms with van der Waals surface area (Å²) >= 11 is 0. The van der Waals surface area contributed by atoms with Crippen LogP contribution in [0.25, 0.3) is 0 Å². The summed E-state index contributed by atoms with van der Waals surface area (Å²) in [5.74, 6) is -1.09. The highest BCUT2D eigenvalue weighted by Gasteiger charge is 2.19. The Balaban J connectivity index is 2.80. The number of carboxylic acids is 1. The molecule has 1 rings (SSSR count). The first kappa shape index (κ1) is 15.8. The summed E-state index contributed by atoms with van der Waals surface area (Å²) in [6.07, 6.45) is -0.176. The summed E-state index contributed by atoms with van der Waals surface area (Å²) in [5.41, 5.74) is 0.382. The van der Waals surface area contributed by atoms with Gasteiger partial charge in [-0.15, -0.1) is 0 Å². The minimum atomic E-state index is -1.13. The van der Waals surface area contributed by atoms with Crippen molar-refractivity contribution in [2.24, 2.45) is 0 Å². The number of nitrogens with one attached hydrogen (secondary N) is 1. The molecule has 0 saturated carbocycles. The van der Waals surface area contributed by atoms with E-state index in [9.17, 15) is 14.7 Å². The van der Waals surface area contributed by atoms with Crippen LogP contribution in [0.3, 0.4) is 0 Å². The van der Waals surface area contributed by atoms with Crippen LogP contribution < -0.4 is 10.2 Å². The van der Waals surface area contributed by atoms with Gasteiger partial charge in [-0.2, -0.15) is 0 Å². The number of benzene rings is 1. The van der Waals surface area contributed by atoms with Gasteiger partial charge in [0.05, 0.1) is 6.10 Å². The third kappa shape index (κ3) is 4.77. The molecule has 3 N–H and O–H groups in total. The summed E-state index contributed by atoms with van der Waals surface area (Å²) < 4.78 is 5.00. The number of urea groups is 1. The van der Waals surface area contributed by atoms with Crippen LogP contribution in [0.15, 0.2) is 24.3 Å². The van der Waals surface area contributed by atoms with Crippen molar-refractivity contribution in [2.45, 2.75) is 13.0 Å². The number of anilines is 1. The Hall–Kier alpha value is -2.28. The molecule has 1 atom stereocenters. The summed E-state index contributed by atoms with van der Waals surface area (Å²) in [4.78, 5) is 23.9. The molecule has 0 aliphatic rings. The van der Waals surface area contributed by atoms with E-state index in [0.29, 0.717) is 5.69 Å². The van der Waals surface area contributed by atoms with E-state index in [1.54, 1.807) is 6.92 Å². The minimum absolute atomic E-state index is 0.0393. The van der Waals surface area contributed by atoms with Crippen LogP contribution in [-0.4, -0.2) is 48.5 Å². The molecule has 0 aromatic heterocycles. The summed E-state index contributed by atoms with van der Waals surface area (Å²) in [6.45, 7) is 1.57. The molecule has 0 bridgehead atoms. The van der Waals surface area contributed by atoms with Gasteiger partial charge in [0.2, 0.25) is 0 Å². The van der Waals surface area contributed by atoms with Crippen LogP contribution in [0.4, 0.5) is 10.5 Å². The molecule has 0 fully saturated rings. The number of hydrogen-bond acceptors (Lipinski definition) is 4. The predicted molar refractivity (Wildman–Crippen MR) is 73.0 cm³/mol. The average Bonchev–Trinajstić information content (AvgIpc) is 2.42. The highest BCUT2D eigenvalue weighted by Crippen LogP contribution is 2.18. The van der Waals surface area contributed by atoms with Gasteiger partial charge in [-0.25, -0.2) is 4.79 Å². The van der Waals surface area contributed by atoms with E-state index in [4.69, 9.17) is 9.84 Å². The minimum Gasteiger partial charge on any atom is -0.508 e. The van der Waals surface area contributed by atoms with E-state index in [1.807, 2.05) is 0 Å². The maximum atomic E-state index is 12.0. The van der Waals surface area contributed by atoms with Crippen LogP contribution in [0.2, 0.25) is 0 Å². The van der Waals surface area contributed by atoms with Gasteiger partial charge in [0.1, 0.15) is 12.3 Å². The molecular weight excluding hydrogens is 264 g/mol. The second kappa shape index (κ2) is 7.34. The Labute approximate surface area is 116 Å². The molecule has 7 heteroatoms. The molecule has 2 amide bonds. The number of ether oxygens (including phenoxy) is 1. The predicted octanol–water partition coefficient (Wildman–Crippen LogP) is 1.03. The van der Waals surface area contributed by atoms with Crippen LogP contribution in [0, 0.1) is 0 Å². The summed E-state index contributed by atoms with van der Waals surface area (Å²) in [6, 6.07) is 5.17. The number of amides is 2. The van der Waals surface area contributed by atoms with Crippen molar-refractivity contribution < 1.29 is 24.5 Å². The van der Waals surface area contributed by atoms with E-state index in [2.05, 4.69) is 5.32 Å². The SMILES string of the molecule is COC(C)CNC(=O)N(CC(=O)O)c1ccc(O)cc1. The Kier molecular flexibility index (Phi) is 5.79. The molecule has 7 nitrogen and oxygen atoms in total. The molecule has 0 spiro atoms. The van der Waals surface area contributed by atoms with Crippen molar-refractivity contribution in [2.75, 3.05) is 25.1 Å². The molecule has 1 aromatic rings. The quantitative estimate of drug-likeness (QED) is 0.723. The number of aliphatic carboxylic acids is 1. The van der Waals surface area contributed by atoms with Gasteiger partial charge in [0.15, 0.2) is 0 Å². The molecule has 110 valence electrons. The normalized spacial score (nSPS) is 11.7. The lowest BCUT2D eigenvalue weighted by Gasteiger charge is -2.22. The maximum absolute atomic E-state index is 12.0. The van der Waals surface area contributed by atoms with E-state index >= 15 is 0 Å². The van der Waals surface area contributed by atoms with Crippen molar-refractivity contribution in [3.05, 3.63) is 24.3 Å². The van der Waals surface area contributed by atoms with E-state index in [0.717, 1.165) is 4.90 Å². The van der Waals surface area contributed by atoms with Gasteiger partial charge < -0.3 is 20.3 Å². The maximum Gasteiger partial charge on any atom is 0.323 e. The summed E-state index contributed by atoms with van der Waals surface area (Å²) in [7, 11) is 1.52. The highest BCUT2D eigenvalue weighted by molar-refractivity contribution is 5.96. The monoisotopic (exact) mass is 282 g/mol. The van der Waals surface area contributed by atoms with Crippen LogP contribution in [-0.2, 0) is 9.53 Å². The largest absolute Gasteiger partial charge is 0.508 e. The number of phenolic OH excluding ortho intramolecular Hbond substituents is 1. The molecule has 1 unspecified atom stereocenters. The zero-order valence-electron chi connectivity index (χ0n) is 11.4. The number of carboxylic acid groups (broad SMARTS) is 1. The van der Waals surface area contributed by atoms with E-state index in [-0.39, 0.29) is 18.4 Å². The smallest absolute Gasteiger partial charge is 0.323 e. The lowest BCUT2D eigenvalue weighted by molar-refractivity contribution is -0.135. The Morgan fingerprint density at radius 1 is 1.35 bits per heavy atom. The first-order chi connectivity index (χ1) is 9.43. The Morgan fingerprint density at radius 2 is 1.95 bits per heavy atom. The zero-order chi connectivity index (χ0) is 15.1. The van der Waals surface area contributed by atoms with Crippen molar-refractivity contribution in [3.8, 4) is 5.75 Å². The Bertz CT molecular complexity index is 460. The number of carbonyl (C=O) groups excluding carboxylic acids is 1.